The van der Waals surface area contributed by atoms with Crippen LogP contribution in [0.5, 0.6) is 5.75 Å². The zero-order valence-electron chi connectivity index (χ0n) is 14.0. The van der Waals surface area contributed by atoms with Crippen molar-refractivity contribution < 1.29 is 38.4 Å². The Kier molecular flexibility index (Phi) is 5.87. The standard InChI is InChI=1S/C18H20O8/c1-2-15(20)23-8-7-22-12-5-3-11(4-6-12)18(21)26-14-10-25-16-13(19)9-24-17(14)16/h2-6,13-14,16-17,19H,1,7-10H2/t13?,14-,16?,17?/m1/s1. The predicted molar refractivity (Wildman–Crippen MR) is 87.8 cm³/mol. The molecule has 26 heavy (non-hydrogen) atoms. The summed E-state index contributed by atoms with van der Waals surface area (Å²) in [6, 6.07) is 6.39. The number of hydrogen-bond donors (Lipinski definition) is 1. The van der Waals surface area contributed by atoms with Crippen molar-refractivity contribution in [1.29, 1.82) is 0 Å². The lowest BCUT2D eigenvalue weighted by Crippen LogP contribution is -2.34. The van der Waals surface area contributed by atoms with E-state index in [0.29, 0.717) is 11.3 Å². The summed E-state index contributed by atoms with van der Waals surface area (Å²) in [5.74, 6) is -0.484. The van der Waals surface area contributed by atoms with E-state index >= 15 is 0 Å². The number of aliphatic hydroxyl groups excluding tert-OH is 1. The Balaban J connectivity index is 1.46. The average molecular weight is 364 g/mol. The third-order valence-electron chi connectivity index (χ3n) is 4.09. The maximum absolute atomic E-state index is 12.2. The summed E-state index contributed by atoms with van der Waals surface area (Å²) >= 11 is 0. The van der Waals surface area contributed by atoms with Gasteiger partial charge in [-0.3, -0.25) is 0 Å². The van der Waals surface area contributed by atoms with Gasteiger partial charge in [-0.1, -0.05) is 6.58 Å². The van der Waals surface area contributed by atoms with Crippen molar-refractivity contribution >= 4 is 11.9 Å². The minimum atomic E-state index is -0.689. The second-order valence-corrected chi connectivity index (χ2v) is 5.85. The second kappa shape index (κ2) is 8.31. The monoisotopic (exact) mass is 364 g/mol. The summed E-state index contributed by atoms with van der Waals surface area (Å²) in [4.78, 5) is 23.1. The third kappa shape index (κ3) is 4.21. The van der Waals surface area contributed by atoms with Crippen LogP contribution < -0.4 is 4.74 Å². The quantitative estimate of drug-likeness (QED) is 0.424. The first kappa shape index (κ1) is 18.4. The highest BCUT2D eigenvalue weighted by Gasteiger charge is 2.48. The first-order valence-corrected chi connectivity index (χ1v) is 8.23. The fraction of sp³-hybridized carbons (Fsp3) is 0.444. The highest BCUT2D eigenvalue weighted by atomic mass is 16.6. The minimum Gasteiger partial charge on any atom is -0.490 e. The molecule has 0 amide bonds. The third-order valence-corrected chi connectivity index (χ3v) is 4.09. The molecule has 0 saturated carbocycles. The van der Waals surface area contributed by atoms with Crippen LogP contribution >= 0.6 is 0 Å². The number of carbonyl (C=O) groups excluding carboxylic acids is 2. The Morgan fingerprint density at radius 1 is 1.15 bits per heavy atom. The molecule has 2 saturated heterocycles. The molecule has 2 heterocycles. The van der Waals surface area contributed by atoms with Crippen LogP contribution in [0.15, 0.2) is 36.9 Å². The van der Waals surface area contributed by atoms with Gasteiger partial charge >= 0.3 is 11.9 Å². The summed E-state index contributed by atoms with van der Waals surface area (Å²) in [7, 11) is 0. The van der Waals surface area contributed by atoms with Crippen molar-refractivity contribution in [2.24, 2.45) is 0 Å². The first-order valence-electron chi connectivity index (χ1n) is 8.23. The predicted octanol–water partition coefficient (Wildman–Crippen LogP) is 0.478. The number of fused-ring (bicyclic) bond motifs is 1. The van der Waals surface area contributed by atoms with E-state index in [4.69, 9.17) is 23.7 Å². The van der Waals surface area contributed by atoms with E-state index in [0.717, 1.165) is 6.08 Å². The van der Waals surface area contributed by atoms with Crippen molar-refractivity contribution in [3.63, 3.8) is 0 Å². The maximum atomic E-state index is 12.2. The zero-order valence-corrected chi connectivity index (χ0v) is 14.0. The fourth-order valence-electron chi connectivity index (χ4n) is 2.80. The normalized spacial score (nSPS) is 26.8. The summed E-state index contributed by atoms with van der Waals surface area (Å²) in [6.45, 7) is 3.96. The number of hydrogen-bond acceptors (Lipinski definition) is 8. The van der Waals surface area contributed by atoms with Gasteiger partial charge in [-0.05, 0) is 24.3 Å². The van der Waals surface area contributed by atoms with E-state index in [1.54, 1.807) is 24.3 Å². The Bertz CT molecular complexity index is 656. The maximum Gasteiger partial charge on any atom is 0.338 e. The summed E-state index contributed by atoms with van der Waals surface area (Å²) in [5.41, 5.74) is 0.359. The lowest BCUT2D eigenvalue weighted by molar-refractivity contribution is -0.138. The molecule has 1 N–H and O–H groups in total. The lowest BCUT2D eigenvalue weighted by Gasteiger charge is -2.16. The number of aliphatic hydroxyl groups is 1. The molecule has 2 fully saturated rings. The molecule has 140 valence electrons. The molecule has 2 aliphatic heterocycles. The molecule has 3 unspecified atom stereocenters. The number of esters is 2. The van der Waals surface area contributed by atoms with Crippen molar-refractivity contribution in [3.05, 3.63) is 42.5 Å². The van der Waals surface area contributed by atoms with Gasteiger partial charge in [0, 0.05) is 6.08 Å². The molecule has 0 aromatic heterocycles. The number of benzene rings is 1. The van der Waals surface area contributed by atoms with Gasteiger partial charge in [-0.15, -0.1) is 0 Å². The number of rotatable bonds is 7. The Labute approximate surface area is 150 Å². The number of carbonyl (C=O) groups is 2. The lowest BCUT2D eigenvalue weighted by atomic mass is 10.1. The average Bonchev–Trinajstić information content (AvgIpc) is 3.22. The zero-order chi connectivity index (χ0) is 18.5. The van der Waals surface area contributed by atoms with Gasteiger partial charge in [0.15, 0.2) is 6.10 Å². The van der Waals surface area contributed by atoms with Gasteiger partial charge in [0.25, 0.3) is 0 Å². The van der Waals surface area contributed by atoms with E-state index in [1.807, 2.05) is 0 Å². The molecule has 4 atom stereocenters. The van der Waals surface area contributed by atoms with Crippen molar-refractivity contribution in [1.82, 2.24) is 0 Å². The Morgan fingerprint density at radius 2 is 1.88 bits per heavy atom. The molecule has 3 rings (SSSR count). The minimum absolute atomic E-state index is 0.102. The van der Waals surface area contributed by atoms with E-state index < -0.39 is 36.4 Å². The molecule has 0 bridgehead atoms. The smallest absolute Gasteiger partial charge is 0.338 e. The van der Waals surface area contributed by atoms with Gasteiger partial charge < -0.3 is 28.8 Å². The van der Waals surface area contributed by atoms with E-state index in [1.165, 1.54) is 0 Å². The highest BCUT2D eigenvalue weighted by molar-refractivity contribution is 5.89. The van der Waals surface area contributed by atoms with E-state index in [-0.39, 0.29) is 26.4 Å². The Morgan fingerprint density at radius 3 is 2.62 bits per heavy atom. The van der Waals surface area contributed by atoms with Crippen LogP contribution in [-0.2, 0) is 23.7 Å². The first-order chi connectivity index (χ1) is 12.6. The number of ether oxygens (including phenoxy) is 5. The molecule has 8 heteroatoms. The fourth-order valence-corrected chi connectivity index (χ4v) is 2.80. The Hall–Kier alpha value is -2.42. The summed E-state index contributed by atoms with van der Waals surface area (Å²) in [5, 5.41) is 9.70. The molecule has 0 spiro atoms. The van der Waals surface area contributed by atoms with Gasteiger partial charge in [-0.25, -0.2) is 9.59 Å². The molecule has 0 aliphatic carbocycles. The largest absolute Gasteiger partial charge is 0.490 e. The second-order valence-electron chi connectivity index (χ2n) is 5.85. The van der Waals surface area contributed by atoms with Crippen LogP contribution in [0.2, 0.25) is 0 Å². The topological polar surface area (TPSA) is 101 Å². The van der Waals surface area contributed by atoms with Crippen molar-refractivity contribution in [2.45, 2.75) is 24.4 Å². The molecule has 1 aromatic carbocycles. The van der Waals surface area contributed by atoms with E-state index in [2.05, 4.69) is 6.58 Å². The highest BCUT2D eigenvalue weighted by Crippen LogP contribution is 2.29. The molecule has 2 aliphatic rings. The van der Waals surface area contributed by atoms with Gasteiger partial charge in [0.2, 0.25) is 0 Å². The molecule has 1 aromatic rings. The molecular formula is C18H20O8. The van der Waals surface area contributed by atoms with Crippen LogP contribution in [0.4, 0.5) is 0 Å². The van der Waals surface area contributed by atoms with Crippen LogP contribution in [0, 0.1) is 0 Å². The van der Waals surface area contributed by atoms with Crippen LogP contribution in [0.3, 0.4) is 0 Å². The van der Waals surface area contributed by atoms with Crippen LogP contribution in [0.25, 0.3) is 0 Å². The van der Waals surface area contributed by atoms with Gasteiger partial charge in [0.1, 0.15) is 37.3 Å². The SMILES string of the molecule is C=CC(=O)OCCOc1ccc(C(=O)O[C@@H]2COC3C(O)COC32)cc1. The summed E-state index contributed by atoms with van der Waals surface area (Å²) < 4.78 is 26.5. The summed E-state index contributed by atoms with van der Waals surface area (Å²) in [6.07, 6.45) is -1.03. The molecule has 8 nitrogen and oxygen atoms in total. The molecular weight excluding hydrogens is 344 g/mol. The van der Waals surface area contributed by atoms with Crippen molar-refractivity contribution in [2.75, 3.05) is 26.4 Å². The van der Waals surface area contributed by atoms with Crippen LogP contribution in [0.1, 0.15) is 10.4 Å². The van der Waals surface area contributed by atoms with Crippen molar-refractivity contribution in [3.8, 4) is 5.75 Å². The van der Waals surface area contributed by atoms with E-state index in [9.17, 15) is 14.7 Å². The van der Waals surface area contributed by atoms with Gasteiger partial charge in [0.05, 0.1) is 18.8 Å². The van der Waals surface area contributed by atoms with Gasteiger partial charge in [-0.2, -0.15) is 0 Å². The molecule has 0 radical (unpaired) electrons. The van der Waals surface area contributed by atoms with Crippen LogP contribution in [-0.4, -0.2) is 67.9 Å².